The summed E-state index contributed by atoms with van der Waals surface area (Å²) in [5.74, 6) is 1.28. The van der Waals surface area contributed by atoms with E-state index in [-0.39, 0.29) is 5.92 Å². The molecule has 1 fully saturated rings. The molecule has 1 heterocycles. The van der Waals surface area contributed by atoms with Crippen molar-refractivity contribution < 1.29 is 0 Å². The Labute approximate surface area is 267 Å². The van der Waals surface area contributed by atoms with Crippen molar-refractivity contribution in [2.24, 2.45) is 0 Å². The number of fused-ring (bicyclic) bond motifs is 1. The Balaban J connectivity index is 0.00000180. The number of imidazole rings is 1. The summed E-state index contributed by atoms with van der Waals surface area (Å²) in [4.78, 5) is 5.20. The van der Waals surface area contributed by atoms with E-state index < -0.39 is 0 Å². The van der Waals surface area contributed by atoms with Crippen LogP contribution in [0.4, 0.5) is 0 Å². The van der Waals surface area contributed by atoms with Crippen molar-refractivity contribution in [3.8, 4) is 11.4 Å². The normalized spacial score (nSPS) is 16.4. The summed E-state index contributed by atoms with van der Waals surface area (Å²) in [6, 6.07) is 24.3. The smallest absolute Gasteiger partial charge is 0.141 e. The van der Waals surface area contributed by atoms with Crippen molar-refractivity contribution in [2.45, 2.75) is 77.2 Å². The molecule has 1 atom stereocenters. The molecule has 6 rings (SSSR count). The van der Waals surface area contributed by atoms with Gasteiger partial charge in [0.1, 0.15) is 5.82 Å². The Bertz CT molecular complexity index is 1610. The highest BCUT2D eigenvalue weighted by atomic mass is 35.5. The van der Waals surface area contributed by atoms with Crippen LogP contribution in [0.3, 0.4) is 0 Å². The molecule has 0 saturated heterocycles. The topological polar surface area (TPSA) is 17.8 Å². The van der Waals surface area contributed by atoms with Gasteiger partial charge in [0.2, 0.25) is 0 Å². The first-order chi connectivity index (χ1) is 21.1. The zero-order valence-electron chi connectivity index (χ0n) is 25.4. The van der Waals surface area contributed by atoms with Crippen LogP contribution in [0.5, 0.6) is 0 Å². The standard InChI is InChI=1S/C37H36Cl2N2.C2H6/c1-2-26-14-23-36-35(25-26)40-37(41(36)33-10-5-3-4-6-11-33)30-15-12-27(13-16-30)24-34(29-18-21-32(39)22-19-29)28-8-7-9-31(38)20-17-28;1-2/h2,8-9,12-23,25,33-34H,1,3-7,10-11,24H2;1-2H3. The average Bonchev–Trinajstić information content (AvgIpc) is 3.19. The molecule has 222 valence electrons. The van der Waals surface area contributed by atoms with E-state index in [1.807, 2.05) is 38.1 Å². The van der Waals surface area contributed by atoms with Gasteiger partial charge in [-0.25, -0.2) is 4.98 Å². The molecule has 4 heteroatoms. The maximum absolute atomic E-state index is 6.33. The van der Waals surface area contributed by atoms with Crippen molar-refractivity contribution >= 4 is 40.3 Å². The fourth-order valence-corrected chi connectivity index (χ4v) is 6.64. The summed E-state index contributed by atoms with van der Waals surface area (Å²) >= 11 is 12.6. The third-order valence-electron chi connectivity index (χ3n) is 8.57. The zero-order valence-corrected chi connectivity index (χ0v) is 26.9. The first-order valence-electron chi connectivity index (χ1n) is 15.8. The summed E-state index contributed by atoms with van der Waals surface area (Å²) < 4.78 is 2.52. The summed E-state index contributed by atoms with van der Waals surface area (Å²) in [6.07, 6.45) is 19.8. The molecule has 4 aromatic rings. The highest BCUT2D eigenvalue weighted by Crippen LogP contribution is 2.37. The minimum absolute atomic E-state index is 0.207. The third-order valence-corrected chi connectivity index (χ3v) is 9.10. The maximum Gasteiger partial charge on any atom is 0.141 e. The second-order valence-electron chi connectivity index (χ2n) is 11.3. The van der Waals surface area contributed by atoms with Crippen LogP contribution in [-0.4, -0.2) is 9.55 Å². The number of nitrogens with zero attached hydrogens (tertiary/aromatic N) is 2. The van der Waals surface area contributed by atoms with E-state index in [1.54, 1.807) is 0 Å². The molecule has 1 saturated carbocycles. The lowest BCUT2D eigenvalue weighted by molar-refractivity contribution is 0.458. The SMILES string of the molecule is C=Cc1ccc2c(c1)nc(-c1ccc(CC(C3=CCC=C(Cl)C=C3)c3ccc(Cl)cc3)cc1)n2C1CCCCCC1.CC. The number of hydrogen-bond acceptors (Lipinski definition) is 1. The molecule has 43 heavy (non-hydrogen) atoms. The molecule has 0 spiro atoms. The Kier molecular flexibility index (Phi) is 10.8. The van der Waals surface area contributed by atoms with E-state index in [4.69, 9.17) is 28.2 Å². The highest BCUT2D eigenvalue weighted by molar-refractivity contribution is 6.31. The predicted molar refractivity (Wildman–Crippen MR) is 187 cm³/mol. The number of hydrogen-bond donors (Lipinski definition) is 0. The van der Waals surface area contributed by atoms with Crippen LogP contribution in [0.25, 0.3) is 28.5 Å². The molecule has 1 unspecified atom stereocenters. The van der Waals surface area contributed by atoms with E-state index >= 15 is 0 Å². The van der Waals surface area contributed by atoms with Crippen LogP contribution in [0.2, 0.25) is 5.02 Å². The number of aromatic nitrogens is 2. The van der Waals surface area contributed by atoms with Gasteiger partial charge >= 0.3 is 0 Å². The van der Waals surface area contributed by atoms with Crippen molar-refractivity contribution in [3.05, 3.63) is 130 Å². The van der Waals surface area contributed by atoms with Gasteiger partial charge < -0.3 is 4.57 Å². The second kappa shape index (κ2) is 14.9. The molecule has 3 aromatic carbocycles. The van der Waals surface area contributed by atoms with Crippen molar-refractivity contribution in [3.63, 3.8) is 0 Å². The van der Waals surface area contributed by atoms with Crippen LogP contribution in [-0.2, 0) is 6.42 Å². The lowest BCUT2D eigenvalue weighted by Gasteiger charge is -2.21. The van der Waals surface area contributed by atoms with Gasteiger partial charge in [-0.15, -0.1) is 0 Å². The molecular formula is C39H42Cl2N2. The first-order valence-corrected chi connectivity index (χ1v) is 16.6. The number of rotatable bonds is 7. The maximum atomic E-state index is 6.33. The first kappa shape index (κ1) is 31.1. The Morgan fingerprint density at radius 2 is 1.60 bits per heavy atom. The summed E-state index contributed by atoms with van der Waals surface area (Å²) in [6.45, 7) is 7.97. The highest BCUT2D eigenvalue weighted by Gasteiger charge is 2.22. The van der Waals surface area contributed by atoms with Gasteiger partial charge in [0.25, 0.3) is 0 Å². The van der Waals surface area contributed by atoms with E-state index in [0.29, 0.717) is 6.04 Å². The fraction of sp³-hybridized carbons (Fsp3) is 0.308. The van der Waals surface area contributed by atoms with Crippen molar-refractivity contribution in [2.75, 3.05) is 0 Å². The molecule has 0 N–H and O–H groups in total. The molecule has 2 aliphatic carbocycles. The number of allylic oxidation sites excluding steroid dienone is 6. The molecule has 0 radical (unpaired) electrons. The minimum atomic E-state index is 0.207. The molecule has 2 aliphatic rings. The lowest BCUT2D eigenvalue weighted by atomic mass is 9.85. The molecule has 0 bridgehead atoms. The second-order valence-corrected chi connectivity index (χ2v) is 12.1. The van der Waals surface area contributed by atoms with E-state index in [2.05, 4.69) is 84.0 Å². The van der Waals surface area contributed by atoms with Crippen molar-refractivity contribution in [1.29, 1.82) is 0 Å². The van der Waals surface area contributed by atoms with Crippen molar-refractivity contribution in [1.82, 2.24) is 9.55 Å². The summed E-state index contributed by atoms with van der Waals surface area (Å²) in [5, 5.41) is 1.54. The molecule has 1 aromatic heterocycles. The zero-order chi connectivity index (χ0) is 30.2. The van der Waals surface area contributed by atoms with Gasteiger partial charge in [-0.3, -0.25) is 0 Å². The van der Waals surface area contributed by atoms with Crippen LogP contribution >= 0.6 is 23.2 Å². The molecule has 2 nitrogen and oxygen atoms in total. The predicted octanol–water partition coefficient (Wildman–Crippen LogP) is 12.3. The fourth-order valence-electron chi connectivity index (χ4n) is 6.36. The van der Waals surface area contributed by atoms with Crippen LogP contribution in [0, 0.1) is 0 Å². The summed E-state index contributed by atoms with van der Waals surface area (Å²) in [7, 11) is 0. The van der Waals surface area contributed by atoms with Gasteiger partial charge in [-0.2, -0.15) is 0 Å². The van der Waals surface area contributed by atoms with Gasteiger partial charge in [0.05, 0.1) is 11.0 Å². The average molecular weight is 610 g/mol. The Morgan fingerprint density at radius 3 is 2.30 bits per heavy atom. The molecular weight excluding hydrogens is 567 g/mol. The lowest BCUT2D eigenvalue weighted by Crippen LogP contribution is -2.10. The van der Waals surface area contributed by atoms with Gasteiger partial charge in [-0.1, -0.05) is 136 Å². The number of halogens is 2. The summed E-state index contributed by atoms with van der Waals surface area (Å²) in [5.41, 5.74) is 8.37. The Hall–Kier alpha value is -3.33. The largest absolute Gasteiger partial charge is 0.321 e. The monoisotopic (exact) mass is 608 g/mol. The van der Waals surface area contributed by atoms with E-state index in [0.717, 1.165) is 39.8 Å². The Morgan fingerprint density at radius 1 is 0.884 bits per heavy atom. The van der Waals surface area contributed by atoms with E-state index in [1.165, 1.54) is 66.3 Å². The van der Waals surface area contributed by atoms with Crippen LogP contribution in [0.15, 0.2) is 108 Å². The number of benzene rings is 3. The quantitative estimate of drug-likeness (QED) is 0.191. The van der Waals surface area contributed by atoms with E-state index in [9.17, 15) is 0 Å². The van der Waals surface area contributed by atoms with Crippen LogP contribution < -0.4 is 0 Å². The minimum Gasteiger partial charge on any atom is -0.321 e. The molecule has 0 aliphatic heterocycles. The van der Waals surface area contributed by atoms with Gasteiger partial charge in [0, 0.05) is 27.6 Å². The van der Waals surface area contributed by atoms with Gasteiger partial charge in [0.15, 0.2) is 0 Å². The third kappa shape index (κ3) is 7.43. The molecule has 0 amide bonds. The van der Waals surface area contributed by atoms with Crippen LogP contribution in [0.1, 0.15) is 87.4 Å². The van der Waals surface area contributed by atoms with Gasteiger partial charge in [-0.05, 0) is 78.3 Å².